The Labute approximate surface area is 184 Å². The fourth-order valence-corrected chi connectivity index (χ4v) is 2.16. The van der Waals surface area contributed by atoms with E-state index >= 15 is 0 Å². The number of rotatable bonds is 4. The van der Waals surface area contributed by atoms with Crippen molar-refractivity contribution >= 4 is 24.2 Å². The van der Waals surface area contributed by atoms with Crippen molar-refractivity contribution in [3.8, 4) is 11.5 Å². The van der Waals surface area contributed by atoms with Crippen molar-refractivity contribution in [3.05, 3.63) is 59.7 Å². The number of carbonyl (C=O) groups excluding carboxylic acids is 4. The van der Waals surface area contributed by atoms with Crippen molar-refractivity contribution in [1.82, 2.24) is 4.90 Å². The van der Waals surface area contributed by atoms with E-state index in [1.165, 1.54) is 61.5 Å². The maximum Gasteiger partial charge on any atom is 0.514 e. The molecule has 2 aromatic carbocycles. The summed E-state index contributed by atoms with van der Waals surface area (Å²) >= 11 is 0. The van der Waals surface area contributed by atoms with E-state index in [9.17, 15) is 19.2 Å². The number of para-hydroxylation sites is 2. The van der Waals surface area contributed by atoms with Crippen LogP contribution in [-0.4, -0.2) is 48.8 Å². The maximum atomic E-state index is 12.4. The van der Waals surface area contributed by atoms with Gasteiger partial charge in [-0.2, -0.15) is 0 Å². The van der Waals surface area contributed by atoms with E-state index < -0.39 is 29.8 Å². The average molecular weight is 445 g/mol. The van der Waals surface area contributed by atoms with Crippen molar-refractivity contribution in [1.29, 1.82) is 0 Å². The van der Waals surface area contributed by atoms with Gasteiger partial charge in [-0.3, -0.25) is 0 Å². The van der Waals surface area contributed by atoms with E-state index in [-0.39, 0.29) is 22.6 Å². The van der Waals surface area contributed by atoms with Crippen LogP contribution >= 0.6 is 0 Å². The number of benzene rings is 2. The largest absolute Gasteiger partial charge is 0.514 e. The van der Waals surface area contributed by atoms with Crippen molar-refractivity contribution in [2.75, 3.05) is 14.1 Å². The van der Waals surface area contributed by atoms with Crippen LogP contribution in [0.25, 0.3) is 0 Å². The number of hydrogen-bond donors (Lipinski definition) is 0. The van der Waals surface area contributed by atoms with Gasteiger partial charge < -0.3 is 19.1 Å². The summed E-state index contributed by atoms with van der Waals surface area (Å²) in [4.78, 5) is 58.8. The highest BCUT2D eigenvalue weighted by Gasteiger charge is 2.24. The van der Waals surface area contributed by atoms with Crippen LogP contribution < -0.4 is 9.47 Å². The molecular weight excluding hydrogens is 422 g/mol. The maximum absolute atomic E-state index is 12.4. The van der Waals surface area contributed by atoms with Crippen molar-refractivity contribution in [3.63, 3.8) is 0 Å². The molecule has 0 spiro atoms. The molecule has 0 aliphatic heterocycles. The minimum absolute atomic E-state index is 0.0825. The van der Waals surface area contributed by atoms with Crippen LogP contribution in [0, 0.1) is 0 Å². The summed E-state index contributed by atoms with van der Waals surface area (Å²) in [7, 11) is 2.95. The van der Waals surface area contributed by atoms with Gasteiger partial charge in [-0.05, 0) is 45.0 Å². The molecule has 1 amide bonds. The van der Waals surface area contributed by atoms with Gasteiger partial charge in [0.1, 0.15) is 28.2 Å². The van der Waals surface area contributed by atoms with Crippen LogP contribution in [0.4, 0.5) is 9.59 Å². The van der Waals surface area contributed by atoms with Crippen LogP contribution in [0.1, 0.15) is 41.5 Å². The third kappa shape index (κ3) is 7.01. The molecule has 2 rings (SSSR count). The van der Waals surface area contributed by atoms with Crippen molar-refractivity contribution in [2.45, 2.75) is 26.4 Å². The van der Waals surface area contributed by atoms with Gasteiger partial charge in [-0.25, -0.2) is 29.0 Å². The topological polar surface area (TPSA) is 118 Å². The molecule has 0 bridgehead atoms. The molecule has 10 heteroatoms. The minimum atomic E-state index is -1.10. The molecule has 0 saturated carbocycles. The molecule has 0 saturated heterocycles. The Morgan fingerprint density at radius 2 is 1.16 bits per heavy atom. The Balaban J connectivity index is 2.09. The number of amides is 1. The fourth-order valence-electron chi connectivity index (χ4n) is 2.16. The molecule has 2 aromatic rings. The van der Waals surface area contributed by atoms with Gasteiger partial charge in [0.2, 0.25) is 0 Å². The number of hydrogen-bond acceptors (Lipinski definition) is 9. The normalized spacial score (nSPS) is 10.5. The second-order valence-corrected chi connectivity index (χ2v) is 7.56. The van der Waals surface area contributed by atoms with Gasteiger partial charge >= 0.3 is 24.2 Å². The van der Waals surface area contributed by atoms with Crippen LogP contribution in [-0.2, 0) is 14.5 Å². The van der Waals surface area contributed by atoms with Crippen LogP contribution in [0.5, 0.6) is 11.5 Å². The molecule has 0 unspecified atom stereocenters. The molecule has 0 fully saturated rings. The predicted octanol–water partition coefficient (Wildman–Crippen LogP) is 3.99. The Morgan fingerprint density at radius 1 is 0.719 bits per heavy atom. The summed E-state index contributed by atoms with van der Waals surface area (Å²) in [6, 6.07) is 11.4. The average Bonchev–Trinajstić information content (AvgIpc) is 2.71. The molecule has 0 heterocycles. The third-order valence-corrected chi connectivity index (χ3v) is 3.55. The summed E-state index contributed by atoms with van der Waals surface area (Å²) in [5.41, 5.74) is -1.13. The Kier molecular flexibility index (Phi) is 7.78. The van der Waals surface area contributed by atoms with Crippen LogP contribution in [0.15, 0.2) is 48.5 Å². The summed E-state index contributed by atoms with van der Waals surface area (Å²) < 4.78 is 15.2. The smallest absolute Gasteiger partial charge is 0.428 e. The summed E-state index contributed by atoms with van der Waals surface area (Å²) in [6.07, 6.45) is -1.73. The zero-order valence-corrected chi connectivity index (χ0v) is 18.2. The first-order valence-corrected chi connectivity index (χ1v) is 9.39. The Hall–Kier alpha value is -4.08. The standard InChI is InChI=1S/C22H23NO9/c1-22(2,3)30-21(27)29-17-13-9-7-11-15(17)19(25)32-31-18(24)14-10-6-8-12-16(14)28-20(26)23(4)5/h6-13H,1-5H3. The highest BCUT2D eigenvalue weighted by Crippen LogP contribution is 2.23. The molecular formula is C22H23NO9. The molecule has 32 heavy (non-hydrogen) atoms. The zero-order valence-electron chi connectivity index (χ0n) is 18.2. The van der Waals surface area contributed by atoms with E-state index in [0.29, 0.717) is 0 Å². The van der Waals surface area contributed by atoms with E-state index in [0.717, 1.165) is 0 Å². The Bertz CT molecular complexity index is 1010. The highest BCUT2D eigenvalue weighted by molar-refractivity contribution is 5.96. The van der Waals surface area contributed by atoms with E-state index in [2.05, 4.69) is 9.78 Å². The van der Waals surface area contributed by atoms with Crippen LogP contribution in [0.3, 0.4) is 0 Å². The molecule has 10 nitrogen and oxygen atoms in total. The van der Waals surface area contributed by atoms with E-state index in [4.69, 9.17) is 14.2 Å². The lowest BCUT2D eigenvalue weighted by Crippen LogP contribution is -2.26. The summed E-state index contributed by atoms with van der Waals surface area (Å²) in [5.74, 6) is -2.41. The van der Waals surface area contributed by atoms with Gasteiger partial charge in [-0.1, -0.05) is 24.3 Å². The predicted molar refractivity (Wildman–Crippen MR) is 110 cm³/mol. The zero-order chi connectivity index (χ0) is 23.9. The quantitative estimate of drug-likeness (QED) is 0.298. The molecule has 0 aliphatic rings. The first kappa shape index (κ1) is 24.2. The lowest BCUT2D eigenvalue weighted by atomic mass is 10.2. The SMILES string of the molecule is CN(C)C(=O)Oc1ccccc1C(=O)OOC(=O)c1ccccc1OC(=O)OC(C)(C)C. The Morgan fingerprint density at radius 3 is 1.59 bits per heavy atom. The number of nitrogens with zero attached hydrogens (tertiary/aromatic N) is 1. The monoisotopic (exact) mass is 445 g/mol. The van der Waals surface area contributed by atoms with Crippen LogP contribution in [0.2, 0.25) is 0 Å². The van der Waals surface area contributed by atoms with Gasteiger partial charge in [0.15, 0.2) is 0 Å². The van der Waals surface area contributed by atoms with E-state index in [1.807, 2.05) is 0 Å². The van der Waals surface area contributed by atoms with Gasteiger partial charge in [0.25, 0.3) is 0 Å². The second kappa shape index (κ2) is 10.3. The van der Waals surface area contributed by atoms with E-state index in [1.54, 1.807) is 26.8 Å². The first-order valence-electron chi connectivity index (χ1n) is 9.39. The van der Waals surface area contributed by atoms with Gasteiger partial charge in [0, 0.05) is 14.1 Å². The molecule has 0 radical (unpaired) electrons. The fraction of sp³-hybridized carbons (Fsp3) is 0.273. The summed E-state index contributed by atoms with van der Waals surface area (Å²) in [5, 5.41) is 0. The molecule has 0 aromatic heterocycles. The van der Waals surface area contributed by atoms with Crippen molar-refractivity contribution < 1.29 is 43.2 Å². The molecule has 0 aliphatic carbocycles. The second-order valence-electron chi connectivity index (χ2n) is 7.56. The lowest BCUT2D eigenvalue weighted by molar-refractivity contribution is -0.187. The third-order valence-electron chi connectivity index (χ3n) is 3.55. The van der Waals surface area contributed by atoms with Gasteiger partial charge in [-0.15, -0.1) is 0 Å². The van der Waals surface area contributed by atoms with Crippen molar-refractivity contribution in [2.24, 2.45) is 0 Å². The minimum Gasteiger partial charge on any atom is -0.428 e. The molecule has 0 N–H and O–H groups in total. The highest BCUT2D eigenvalue weighted by atomic mass is 17.2. The first-order chi connectivity index (χ1) is 15.0. The van der Waals surface area contributed by atoms with Gasteiger partial charge in [0.05, 0.1) is 0 Å². The molecule has 0 atom stereocenters. The number of carbonyl (C=O) groups is 4. The summed E-state index contributed by atoms with van der Waals surface area (Å²) in [6.45, 7) is 4.96. The number of ether oxygens (including phenoxy) is 3. The molecule has 170 valence electrons. The lowest BCUT2D eigenvalue weighted by Gasteiger charge is -2.19.